The second-order valence-corrected chi connectivity index (χ2v) is 9.40. The SMILES string of the molecule is Fc1cc(CCCCCCCc2ccc(-c3cc(F)c(F)c(F)c3)c(F)c2)ccc1-c1cc(F)c(F)c(F)c1. The molecule has 4 rings (SSSR count). The van der Waals surface area contributed by atoms with Gasteiger partial charge in [0.2, 0.25) is 0 Å². The standard InChI is InChI=1S/C31H24F8/c32-24-12-18(8-10-22(24)20-14-26(34)30(38)27(35)15-20)6-4-2-1-3-5-7-19-9-11-23(25(33)13-19)21-16-28(36)31(39)29(37)17-21/h8-17H,1-7H2. The van der Waals surface area contributed by atoms with E-state index >= 15 is 0 Å². The van der Waals surface area contributed by atoms with Crippen molar-refractivity contribution < 1.29 is 35.1 Å². The van der Waals surface area contributed by atoms with Gasteiger partial charge in [-0.2, -0.15) is 0 Å². The van der Waals surface area contributed by atoms with Crippen molar-refractivity contribution in [1.82, 2.24) is 0 Å². The van der Waals surface area contributed by atoms with Gasteiger partial charge in [0.05, 0.1) is 0 Å². The van der Waals surface area contributed by atoms with Gasteiger partial charge < -0.3 is 0 Å². The molecule has 0 heterocycles. The summed E-state index contributed by atoms with van der Waals surface area (Å²) in [5.74, 6) is -10.0. The summed E-state index contributed by atoms with van der Waals surface area (Å²) < 4.78 is 109. The molecule has 0 atom stereocenters. The van der Waals surface area contributed by atoms with E-state index in [2.05, 4.69) is 0 Å². The van der Waals surface area contributed by atoms with Crippen molar-refractivity contribution in [3.8, 4) is 22.3 Å². The molecule has 0 aromatic heterocycles. The Bertz CT molecular complexity index is 1320. The summed E-state index contributed by atoms with van der Waals surface area (Å²) in [5, 5.41) is 0. The van der Waals surface area contributed by atoms with E-state index in [1.165, 1.54) is 24.3 Å². The predicted molar refractivity (Wildman–Crippen MR) is 134 cm³/mol. The molecule has 0 nitrogen and oxygen atoms in total. The van der Waals surface area contributed by atoms with Crippen LogP contribution < -0.4 is 0 Å². The van der Waals surface area contributed by atoms with Gasteiger partial charge in [-0.1, -0.05) is 43.5 Å². The van der Waals surface area contributed by atoms with E-state index in [9.17, 15) is 35.1 Å². The van der Waals surface area contributed by atoms with Gasteiger partial charge >= 0.3 is 0 Å². The molecule has 0 aliphatic carbocycles. The van der Waals surface area contributed by atoms with Gasteiger partial charge in [-0.15, -0.1) is 0 Å². The molecule has 0 saturated carbocycles. The first-order valence-corrected chi connectivity index (χ1v) is 12.5. The number of halogens is 8. The van der Waals surface area contributed by atoms with Crippen molar-refractivity contribution in [3.05, 3.63) is 118 Å². The molecule has 8 heteroatoms. The van der Waals surface area contributed by atoms with Crippen LogP contribution in [0.3, 0.4) is 0 Å². The highest BCUT2D eigenvalue weighted by Gasteiger charge is 2.15. The maximum absolute atomic E-state index is 14.5. The molecule has 4 aromatic rings. The van der Waals surface area contributed by atoms with Crippen LogP contribution in [0.5, 0.6) is 0 Å². The Balaban J connectivity index is 1.21. The Morgan fingerprint density at radius 3 is 1.03 bits per heavy atom. The highest BCUT2D eigenvalue weighted by molar-refractivity contribution is 5.65. The Kier molecular flexibility index (Phi) is 9.04. The fourth-order valence-corrected chi connectivity index (χ4v) is 4.51. The van der Waals surface area contributed by atoms with Gasteiger partial charge in [-0.25, -0.2) is 35.1 Å². The molecule has 0 N–H and O–H groups in total. The first kappa shape index (κ1) is 28.3. The lowest BCUT2D eigenvalue weighted by Gasteiger charge is -2.09. The van der Waals surface area contributed by atoms with Gasteiger partial charge in [-0.3, -0.25) is 0 Å². The third-order valence-corrected chi connectivity index (χ3v) is 6.59. The van der Waals surface area contributed by atoms with Crippen molar-refractivity contribution in [2.45, 2.75) is 44.9 Å². The highest BCUT2D eigenvalue weighted by atomic mass is 19.2. The summed E-state index contributed by atoms with van der Waals surface area (Å²) in [7, 11) is 0. The number of benzene rings is 4. The van der Waals surface area contributed by atoms with Crippen LogP contribution in [0.2, 0.25) is 0 Å². The van der Waals surface area contributed by atoms with Crippen LogP contribution in [0.25, 0.3) is 22.3 Å². The lowest BCUT2D eigenvalue weighted by Crippen LogP contribution is -1.95. The molecule has 0 spiro atoms. The Morgan fingerprint density at radius 1 is 0.359 bits per heavy atom. The van der Waals surface area contributed by atoms with Gasteiger partial charge in [0.25, 0.3) is 0 Å². The molecule has 39 heavy (non-hydrogen) atoms. The number of rotatable bonds is 10. The molecule has 0 fully saturated rings. The minimum Gasteiger partial charge on any atom is -0.206 e. The molecular formula is C31H24F8. The third-order valence-electron chi connectivity index (χ3n) is 6.59. The Morgan fingerprint density at radius 2 is 0.692 bits per heavy atom. The van der Waals surface area contributed by atoms with E-state index < -0.39 is 46.5 Å². The minimum absolute atomic E-state index is 0.0157. The van der Waals surface area contributed by atoms with Gasteiger partial charge in [0.15, 0.2) is 34.9 Å². The zero-order valence-electron chi connectivity index (χ0n) is 20.7. The van der Waals surface area contributed by atoms with Crippen molar-refractivity contribution >= 4 is 0 Å². The summed E-state index contributed by atoms with van der Waals surface area (Å²) in [5.41, 5.74) is 1.27. The lowest BCUT2D eigenvalue weighted by molar-refractivity contribution is 0.447. The molecule has 0 radical (unpaired) electrons. The van der Waals surface area contributed by atoms with Gasteiger partial charge in [0.1, 0.15) is 11.6 Å². The Labute approximate surface area is 220 Å². The zero-order valence-corrected chi connectivity index (χ0v) is 20.7. The average Bonchev–Trinajstić information content (AvgIpc) is 2.89. The maximum atomic E-state index is 14.5. The van der Waals surface area contributed by atoms with Crippen molar-refractivity contribution in [2.24, 2.45) is 0 Å². The Hall–Kier alpha value is -3.68. The predicted octanol–water partition coefficient (Wildman–Crippen LogP) is 9.87. The van der Waals surface area contributed by atoms with E-state index in [0.717, 1.165) is 67.5 Å². The van der Waals surface area contributed by atoms with E-state index in [4.69, 9.17) is 0 Å². The molecule has 0 aliphatic rings. The molecular weight excluding hydrogens is 524 g/mol. The fourth-order valence-electron chi connectivity index (χ4n) is 4.51. The van der Waals surface area contributed by atoms with Gasteiger partial charge in [-0.05, 0) is 84.3 Å². The smallest absolute Gasteiger partial charge is 0.194 e. The van der Waals surface area contributed by atoms with Crippen LogP contribution in [0.1, 0.15) is 43.2 Å². The maximum Gasteiger partial charge on any atom is 0.194 e. The molecule has 0 unspecified atom stereocenters. The molecule has 204 valence electrons. The zero-order chi connectivity index (χ0) is 28.1. The molecule has 0 amide bonds. The van der Waals surface area contributed by atoms with E-state index in [-0.39, 0.29) is 22.3 Å². The van der Waals surface area contributed by atoms with Crippen molar-refractivity contribution in [3.63, 3.8) is 0 Å². The van der Waals surface area contributed by atoms with E-state index in [1.807, 2.05) is 0 Å². The molecule has 0 bridgehead atoms. The monoisotopic (exact) mass is 548 g/mol. The summed E-state index contributed by atoms with van der Waals surface area (Å²) >= 11 is 0. The largest absolute Gasteiger partial charge is 0.206 e. The number of hydrogen-bond donors (Lipinski definition) is 0. The first-order chi connectivity index (χ1) is 18.6. The lowest BCUT2D eigenvalue weighted by atomic mass is 9.98. The quantitative estimate of drug-likeness (QED) is 0.105. The van der Waals surface area contributed by atoms with Crippen LogP contribution in [-0.2, 0) is 12.8 Å². The highest BCUT2D eigenvalue weighted by Crippen LogP contribution is 2.29. The van der Waals surface area contributed by atoms with Crippen LogP contribution in [-0.4, -0.2) is 0 Å². The van der Waals surface area contributed by atoms with Crippen LogP contribution in [0.15, 0.2) is 60.7 Å². The number of hydrogen-bond acceptors (Lipinski definition) is 0. The summed E-state index contributed by atoms with van der Waals surface area (Å²) in [6.07, 6.45) is 5.49. The summed E-state index contributed by atoms with van der Waals surface area (Å²) in [6, 6.07) is 11.8. The third kappa shape index (κ3) is 6.85. The van der Waals surface area contributed by atoms with E-state index in [1.54, 1.807) is 12.1 Å². The van der Waals surface area contributed by atoms with Crippen molar-refractivity contribution in [1.29, 1.82) is 0 Å². The molecule has 0 saturated heterocycles. The minimum atomic E-state index is -1.60. The average molecular weight is 549 g/mol. The normalized spacial score (nSPS) is 11.3. The fraction of sp³-hybridized carbons (Fsp3) is 0.226. The van der Waals surface area contributed by atoms with Crippen LogP contribution in [0, 0.1) is 46.5 Å². The van der Waals surface area contributed by atoms with Crippen LogP contribution in [0.4, 0.5) is 35.1 Å². The topological polar surface area (TPSA) is 0 Å². The van der Waals surface area contributed by atoms with Crippen LogP contribution >= 0.6 is 0 Å². The molecule has 0 aliphatic heterocycles. The van der Waals surface area contributed by atoms with Gasteiger partial charge in [0, 0.05) is 11.1 Å². The second-order valence-electron chi connectivity index (χ2n) is 9.40. The van der Waals surface area contributed by atoms with Crippen molar-refractivity contribution in [2.75, 3.05) is 0 Å². The summed E-state index contributed by atoms with van der Waals surface area (Å²) in [4.78, 5) is 0. The second kappa shape index (κ2) is 12.5. The molecule has 4 aromatic carbocycles. The first-order valence-electron chi connectivity index (χ1n) is 12.5. The number of unbranched alkanes of at least 4 members (excludes halogenated alkanes) is 4. The van der Waals surface area contributed by atoms with E-state index in [0.29, 0.717) is 12.8 Å². The summed E-state index contributed by atoms with van der Waals surface area (Å²) in [6.45, 7) is 0. The number of aryl methyl sites for hydroxylation is 2.